The number of nitrogens with zero attached hydrogens (tertiary/aromatic N) is 3. The number of aromatic hydroxyl groups is 1. The number of likely N-dealkylation sites (N-methyl/N-ethyl adjacent to an activating group) is 3. The first-order valence-corrected chi connectivity index (χ1v) is 14.8. The highest BCUT2D eigenvalue weighted by molar-refractivity contribution is 6.16. The lowest BCUT2D eigenvalue weighted by atomic mass is 9.55. The van der Waals surface area contributed by atoms with E-state index in [1.165, 1.54) is 6.07 Å². The lowest BCUT2D eigenvalue weighted by Crippen LogP contribution is -2.71. The van der Waals surface area contributed by atoms with Crippen molar-refractivity contribution in [1.82, 2.24) is 14.7 Å². The van der Waals surface area contributed by atoms with Gasteiger partial charge < -0.3 is 40.9 Å². The van der Waals surface area contributed by atoms with Crippen molar-refractivity contribution in [3.05, 3.63) is 64.4 Å². The van der Waals surface area contributed by atoms with E-state index in [0.29, 0.717) is 35.3 Å². The molecule has 2 amide bonds. The van der Waals surface area contributed by atoms with E-state index in [1.807, 2.05) is 19.0 Å². The molecule has 12 heteroatoms. The molecule has 0 saturated heterocycles. The van der Waals surface area contributed by atoms with Crippen LogP contribution in [0.3, 0.4) is 0 Å². The highest BCUT2D eigenvalue weighted by atomic mass is 16.4. The minimum Gasteiger partial charge on any atom is -0.508 e. The van der Waals surface area contributed by atoms with Gasteiger partial charge in [-0.05, 0) is 81.8 Å². The number of Topliss-reactive ketones (excluding diaryl/α,β-unsaturated/α-hetero) is 2. The zero-order valence-corrected chi connectivity index (χ0v) is 26.0. The summed E-state index contributed by atoms with van der Waals surface area (Å²) in [4.78, 5) is 58.2. The van der Waals surface area contributed by atoms with E-state index in [2.05, 4.69) is 0 Å². The van der Waals surface area contributed by atoms with Crippen molar-refractivity contribution < 1.29 is 39.6 Å². The molecule has 1 saturated carbocycles. The average Bonchev–Trinajstić information content (AvgIpc) is 2.97. The van der Waals surface area contributed by atoms with E-state index in [4.69, 9.17) is 5.73 Å². The summed E-state index contributed by atoms with van der Waals surface area (Å²) in [5.41, 5.74) is 4.71. The van der Waals surface area contributed by atoms with Crippen molar-refractivity contribution in [3.63, 3.8) is 0 Å². The molecule has 0 radical (unpaired) electrons. The Morgan fingerprint density at radius 2 is 1.71 bits per heavy atom. The third kappa shape index (κ3) is 5.11. The highest BCUT2D eigenvalue weighted by Crippen LogP contribution is 2.53. The third-order valence-electron chi connectivity index (χ3n) is 9.63. The molecule has 6 atom stereocenters. The molecule has 2 unspecified atom stereocenters. The molecule has 3 aliphatic carbocycles. The summed E-state index contributed by atoms with van der Waals surface area (Å²) >= 11 is 0. The van der Waals surface area contributed by atoms with Gasteiger partial charge in [-0.1, -0.05) is 18.2 Å². The lowest BCUT2D eigenvalue weighted by Gasteiger charge is -2.53. The Kier molecular flexibility index (Phi) is 8.38. The summed E-state index contributed by atoms with van der Waals surface area (Å²) in [6.45, 7) is 1.22. The second kappa shape index (κ2) is 11.7. The first-order valence-electron chi connectivity index (χ1n) is 14.8. The molecule has 1 fully saturated rings. The molecular formula is C33H40N4O8. The minimum atomic E-state index is -2.65. The molecule has 0 aliphatic heterocycles. The zero-order valence-electron chi connectivity index (χ0n) is 26.0. The molecule has 3 aliphatic rings. The first kappa shape index (κ1) is 32.3. The van der Waals surface area contributed by atoms with E-state index >= 15 is 0 Å². The summed E-state index contributed by atoms with van der Waals surface area (Å²) in [6.07, 6.45) is -1.38. The largest absolute Gasteiger partial charge is 0.508 e. The lowest BCUT2D eigenvalue weighted by molar-refractivity contribution is -0.178. The average molecular weight is 621 g/mol. The number of benzene rings is 2. The number of rotatable bonds is 7. The summed E-state index contributed by atoms with van der Waals surface area (Å²) in [7, 11) is 8.80. The second-order valence-corrected chi connectivity index (χ2v) is 12.9. The van der Waals surface area contributed by atoms with Gasteiger partial charge in [-0.2, -0.15) is 0 Å². The van der Waals surface area contributed by atoms with Crippen LogP contribution in [0.5, 0.6) is 5.75 Å². The quantitative estimate of drug-likeness (QED) is 0.275. The smallest absolute Gasteiger partial charge is 0.253 e. The standard InChI is InChI=1S/C33H40N4O8/c1-35(2)11-12-37(5)32(44)17-8-6-7-16(13-17)19-9-10-22(38)24-20(19)14-18-15-21-26(36(3)4)28(40)25(31(34)43)30(42)33(21,45)29(41)23(18)27(24)39/h6-10,13,18,21,25-26,28,38,40-41,45H,11-12,14-15H2,1-5H3,(H2,34,43)/t18-,21-,25?,26-,28?,33-/m0/s1. The van der Waals surface area contributed by atoms with Gasteiger partial charge in [-0.25, -0.2) is 0 Å². The van der Waals surface area contributed by atoms with Gasteiger partial charge in [0.05, 0.1) is 11.7 Å². The Hall–Kier alpha value is -4.10. The van der Waals surface area contributed by atoms with Gasteiger partial charge in [-0.15, -0.1) is 0 Å². The van der Waals surface area contributed by atoms with Gasteiger partial charge in [0.15, 0.2) is 17.2 Å². The van der Waals surface area contributed by atoms with Crippen LogP contribution < -0.4 is 5.73 Å². The minimum absolute atomic E-state index is 0.0164. The number of allylic oxidation sites excluding steroid dienone is 1. The number of fused-ring (bicyclic) bond motifs is 3. The van der Waals surface area contributed by atoms with E-state index in [1.54, 1.807) is 61.3 Å². The van der Waals surface area contributed by atoms with Crippen molar-refractivity contribution in [2.45, 2.75) is 30.6 Å². The Balaban J connectivity index is 1.60. The fraction of sp³-hybridized carbons (Fsp3) is 0.455. The Morgan fingerprint density at radius 1 is 1.02 bits per heavy atom. The number of phenols is 1. The van der Waals surface area contributed by atoms with Gasteiger partial charge in [0, 0.05) is 43.2 Å². The summed E-state index contributed by atoms with van der Waals surface area (Å²) < 4.78 is 0. The number of hydrogen-bond acceptors (Lipinski definition) is 10. The van der Waals surface area contributed by atoms with Crippen LogP contribution in [-0.4, -0.2) is 125 Å². The number of amides is 2. The fourth-order valence-corrected chi connectivity index (χ4v) is 7.37. The van der Waals surface area contributed by atoms with Crippen LogP contribution in [0.15, 0.2) is 47.7 Å². The van der Waals surface area contributed by atoms with Crippen molar-refractivity contribution in [3.8, 4) is 16.9 Å². The molecule has 240 valence electrons. The predicted molar refractivity (Wildman–Crippen MR) is 164 cm³/mol. The van der Waals surface area contributed by atoms with Gasteiger partial charge in [0.25, 0.3) is 5.91 Å². The number of hydrogen-bond donors (Lipinski definition) is 5. The SMILES string of the molecule is CN(C)CCN(C)C(=O)c1cccc(-c2ccc(O)c3c2C[C@H]2C[C@H]4[C@H](N(C)C)C(O)C(C(N)=O)C(=O)[C@@]4(O)C(O)=C2C3=O)c1. The monoisotopic (exact) mass is 620 g/mol. The first-order chi connectivity index (χ1) is 21.1. The third-order valence-corrected chi connectivity index (χ3v) is 9.63. The van der Waals surface area contributed by atoms with Crippen LogP contribution in [0, 0.1) is 17.8 Å². The molecule has 0 heterocycles. The van der Waals surface area contributed by atoms with Crippen molar-refractivity contribution in [1.29, 1.82) is 0 Å². The van der Waals surface area contributed by atoms with Gasteiger partial charge >= 0.3 is 0 Å². The maximum absolute atomic E-state index is 14.1. The number of carbonyl (C=O) groups is 4. The second-order valence-electron chi connectivity index (χ2n) is 12.9. The molecule has 0 bridgehead atoms. The van der Waals surface area contributed by atoms with Crippen molar-refractivity contribution >= 4 is 23.4 Å². The number of primary amides is 1. The van der Waals surface area contributed by atoms with Crippen molar-refractivity contribution in [2.75, 3.05) is 48.3 Å². The van der Waals surface area contributed by atoms with E-state index in [-0.39, 0.29) is 35.6 Å². The molecular weight excluding hydrogens is 580 g/mol. The maximum atomic E-state index is 14.1. The number of phenolic OH excluding ortho intramolecular Hbond substituents is 1. The van der Waals surface area contributed by atoms with Crippen LogP contribution in [-0.2, 0) is 16.0 Å². The zero-order chi connectivity index (χ0) is 33.1. The van der Waals surface area contributed by atoms with Gasteiger partial charge in [0.1, 0.15) is 17.4 Å². The molecule has 5 rings (SSSR count). The maximum Gasteiger partial charge on any atom is 0.253 e. The summed E-state index contributed by atoms with van der Waals surface area (Å²) in [5, 5.41) is 45.3. The molecule has 0 spiro atoms. The summed E-state index contributed by atoms with van der Waals surface area (Å²) in [5.74, 6) is -8.04. The Labute approximate surface area is 261 Å². The number of aliphatic hydroxyl groups is 3. The molecule has 2 aromatic carbocycles. The highest BCUT2D eigenvalue weighted by Gasteiger charge is 2.66. The normalized spacial score (nSPS) is 27.7. The Morgan fingerprint density at radius 3 is 2.33 bits per heavy atom. The van der Waals surface area contributed by atoms with E-state index in [0.717, 1.165) is 0 Å². The van der Waals surface area contributed by atoms with E-state index < -0.39 is 58.7 Å². The number of carbonyl (C=O) groups excluding carboxylic acids is 4. The van der Waals surface area contributed by atoms with Crippen molar-refractivity contribution in [2.24, 2.45) is 23.5 Å². The predicted octanol–water partition coefficient (Wildman–Crippen LogP) is 0.586. The van der Waals surface area contributed by atoms with Crippen LogP contribution in [0.25, 0.3) is 11.1 Å². The van der Waals surface area contributed by atoms with Crippen LogP contribution >= 0.6 is 0 Å². The fourth-order valence-electron chi connectivity index (χ4n) is 7.37. The summed E-state index contributed by atoms with van der Waals surface area (Å²) in [6, 6.07) is 9.06. The van der Waals surface area contributed by atoms with Crippen LogP contribution in [0.2, 0.25) is 0 Å². The molecule has 2 aromatic rings. The Bertz CT molecular complexity index is 1620. The molecule has 6 N–H and O–H groups in total. The van der Waals surface area contributed by atoms with Gasteiger partial charge in [0.2, 0.25) is 5.91 Å². The van der Waals surface area contributed by atoms with Crippen LogP contribution in [0.1, 0.15) is 32.7 Å². The number of aliphatic hydroxyl groups excluding tert-OH is 2. The number of ketones is 2. The van der Waals surface area contributed by atoms with Crippen LogP contribution in [0.4, 0.5) is 0 Å². The molecule has 0 aromatic heterocycles. The number of nitrogens with two attached hydrogens (primary N) is 1. The van der Waals surface area contributed by atoms with Gasteiger partial charge in [-0.3, -0.25) is 19.2 Å². The molecule has 12 nitrogen and oxygen atoms in total. The topological polar surface area (TPSA) is 185 Å². The molecule has 45 heavy (non-hydrogen) atoms. The van der Waals surface area contributed by atoms with E-state index in [9.17, 15) is 39.6 Å².